The van der Waals surface area contributed by atoms with Gasteiger partial charge in [-0.25, -0.2) is 4.39 Å². The van der Waals surface area contributed by atoms with E-state index in [2.05, 4.69) is 39.9 Å². The van der Waals surface area contributed by atoms with Crippen LogP contribution in [0.15, 0.2) is 18.2 Å². The van der Waals surface area contributed by atoms with Gasteiger partial charge in [-0.15, -0.1) is 0 Å². The molecule has 1 aromatic rings. The lowest BCUT2D eigenvalue weighted by Crippen LogP contribution is -2.31. The van der Waals surface area contributed by atoms with E-state index < -0.39 is 0 Å². The first-order valence-corrected chi connectivity index (χ1v) is 7.49. The highest BCUT2D eigenvalue weighted by Gasteiger charge is 2.21. The van der Waals surface area contributed by atoms with Gasteiger partial charge < -0.3 is 10.2 Å². The van der Waals surface area contributed by atoms with Crippen molar-refractivity contribution >= 4 is 5.69 Å². The number of hydrogen-bond donors (Lipinski definition) is 1. The Morgan fingerprint density at radius 3 is 2.50 bits per heavy atom. The minimum atomic E-state index is -0.139. The first kappa shape index (κ1) is 17.0. The van der Waals surface area contributed by atoms with E-state index in [1.807, 2.05) is 18.0 Å². The Bertz CT molecular complexity index is 423. The standard InChI is InChI=1S/C17H29FN2/c1-7-11-19-13(2)14-9-8-10-15(18)16(14)20(6)12-17(3,4)5/h8-10,13,19H,7,11-12H2,1-6H3. The average molecular weight is 280 g/mol. The smallest absolute Gasteiger partial charge is 0.146 e. The Labute approximate surface area is 123 Å². The van der Waals surface area contributed by atoms with Gasteiger partial charge in [-0.2, -0.15) is 0 Å². The van der Waals surface area contributed by atoms with Crippen molar-refractivity contribution in [3.63, 3.8) is 0 Å². The topological polar surface area (TPSA) is 15.3 Å². The van der Waals surface area contributed by atoms with Crippen molar-refractivity contribution < 1.29 is 4.39 Å². The molecule has 20 heavy (non-hydrogen) atoms. The van der Waals surface area contributed by atoms with Gasteiger partial charge in [-0.05, 0) is 36.9 Å². The van der Waals surface area contributed by atoms with Crippen molar-refractivity contribution in [1.82, 2.24) is 5.32 Å². The first-order chi connectivity index (χ1) is 9.26. The van der Waals surface area contributed by atoms with Crippen molar-refractivity contribution in [2.24, 2.45) is 5.41 Å². The molecule has 0 saturated heterocycles. The van der Waals surface area contributed by atoms with Crippen LogP contribution in [0.1, 0.15) is 52.6 Å². The minimum Gasteiger partial charge on any atom is -0.371 e. The van der Waals surface area contributed by atoms with Gasteiger partial charge in [0.2, 0.25) is 0 Å². The molecule has 2 nitrogen and oxygen atoms in total. The van der Waals surface area contributed by atoms with E-state index in [-0.39, 0.29) is 17.3 Å². The summed E-state index contributed by atoms with van der Waals surface area (Å²) < 4.78 is 14.3. The van der Waals surface area contributed by atoms with Crippen LogP contribution in [0.4, 0.5) is 10.1 Å². The SMILES string of the molecule is CCCNC(C)c1cccc(F)c1N(C)CC(C)(C)C. The zero-order valence-corrected chi connectivity index (χ0v) is 13.8. The number of nitrogens with one attached hydrogen (secondary N) is 1. The highest BCUT2D eigenvalue weighted by molar-refractivity contribution is 5.55. The summed E-state index contributed by atoms with van der Waals surface area (Å²) in [4.78, 5) is 2.04. The molecule has 0 spiro atoms. The fourth-order valence-corrected chi connectivity index (χ4v) is 2.55. The number of halogens is 1. The van der Waals surface area contributed by atoms with Crippen molar-refractivity contribution in [3.8, 4) is 0 Å². The first-order valence-electron chi connectivity index (χ1n) is 7.49. The molecular formula is C17H29FN2. The van der Waals surface area contributed by atoms with E-state index >= 15 is 0 Å². The predicted molar refractivity (Wildman–Crippen MR) is 85.8 cm³/mol. The predicted octanol–water partition coefficient (Wildman–Crippen LogP) is 4.37. The van der Waals surface area contributed by atoms with Gasteiger partial charge in [0.05, 0.1) is 5.69 Å². The fraction of sp³-hybridized carbons (Fsp3) is 0.647. The number of para-hydroxylation sites is 1. The Balaban J connectivity index is 3.04. The van der Waals surface area contributed by atoms with Crippen LogP contribution in [-0.4, -0.2) is 20.1 Å². The molecule has 0 aromatic heterocycles. The summed E-state index contributed by atoms with van der Waals surface area (Å²) in [5, 5.41) is 3.44. The van der Waals surface area contributed by atoms with Crippen molar-refractivity contribution in [2.45, 2.75) is 47.1 Å². The molecule has 0 fully saturated rings. The van der Waals surface area contributed by atoms with Gasteiger partial charge in [-0.1, -0.05) is 39.8 Å². The third-order valence-electron chi connectivity index (χ3n) is 3.28. The zero-order chi connectivity index (χ0) is 15.3. The lowest BCUT2D eigenvalue weighted by atomic mass is 9.95. The summed E-state index contributed by atoms with van der Waals surface area (Å²) in [6.45, 7) is 12.5. The van der Waals surface area contributed by atoms with Gasteiger partial charge in [0.1, 0.15) is 5.82 Å². The highest BCUT2D eigenvalue weighted by atomic mass is 19.1. The number of rotatable bonds is 6. The number of anilines is 1. The van der Waals surface area contributed by atoms with Gasteiger partial charge in [0.25, 0.3) is 0 Å². The molecule has 0 bridgehead atoms. The molecule has 0 aliphatic carbocycles. The second-order valence-corrected chi connectivity index (χ2v) is 6.77. The maximum atomic E-state index is 14.3. The monoisotopic (exact) mass is 280 g/mol. The third kappa shape index (κ3) is 4.78. The molecule has 0 aliphatic rings. The molecule has 0 heterocycles. The second-order valence-electron chi connectivity index (χ2n) is 6.77. The van der Waals surface area contributed by atoms with Crippen LogP contribution in [0, 0.1) is 11.2 Å². The van der Waals surface area contributed by atoms with Crippen LogP contribution in [0.25, 0.3) is 0 Å². The van der Waals surface area contributed by atoms with Crippen molar-refractivity contribution in [3.05, 3.63) is 29.6 Å². The van der Waals surface area contributed by atoms with Crippen LogP contribution in [-0.2, 0) is 0 Å². The van der Waals surface area contributed by atoms with E-state index in [4.69, 9.17) is 0 Å². The quantitative estimate of drug-likeness (QED) is 0.832. The summed E-state index contributed by atoms with van der Waals surface area (Å²) in [6, 6.07) is 5.52. The molecule has 114 valence electrons. The van der Waals surface area contributed by atoms with Gasteiger partial charge in [0, 0.05) is 19.6 Å². The Hall–Kier alpha value is -1.09. The lowest BCUT2D eigenvalue weighted by Gasteiger charge is -2.31. The Morgan fingerprint density at radius 1 is 1.30 bits per heavy atom. The molecule has 1 rings (SSSR count). The second kappa shape index (κ2) is 7.07. The van der Waals surface area contributed by atoms with Crippen LogP contribution >= 0.6 is 0 Å². The van der Waals surface area contributed by atoms with E-state index in [1.165, 1.54) is 0 Å². The van der Waals surface area contributed by atoms with Crippen molar-refractivity contribution in [2.75, 3.05) is 25.0 Å². The summed E-state index contributed by atoms with van der Waals surface area (Å²) in [7, 11) is 1.97. The lowest BCUT2D eigenvalue weighted by molar-refractivity contribution is 0.415. The van der Waals surface area contributed by atoms with E-state index in [0.717, 1.165) is 30.8 Å². The minimum absolute atomic E-state index is 0.133. The molecule has 1 unspecified atom stereocenters. The maximum Gasteiger partial charge on any atom is 0.146 e. The molecular weight excluding hydrogens is 251 g/mol. The van der Waals surface area contributed by atoms with Crippen LogP contribution in [0.3, 0.4) is 0 Å². The summed E-state index contributed by atoms with van der Waals surface area (Å²) in [5.41, 5.74) is 1.89. The summed E-state index contributed by atoms with van der Waals surface area (Å²) in [5.74, 6) is -0.139. The van der Waals surface area contributed by atoms with E-state index in [0.29, 0.717) is 0 Å². The molecule has 0 radical (unpaired) electrons. The third-order valence-corrected chi connectivity index (χ3v) is 3.28. The van der Waals surface area contributed by atoms with E-state index in [1.54, 1.807) is 12.1 Å². The Kier molecular flexibility index (Phi) is 6.00. The largest absolute Gasteiger partial charge is 0.371 e. The molecule has 0 amide bonds. The fourth-order valence-electron chi connectivity index (χ4n) is 2.55. The van der Waals surface area contributed by atoms with Crippen molar-refractivity contribution in [1.29, 1.82) is 0 Å². The molecule has 0 saturated carbocycles. The maximum absolute atomic E-state index is 14.3. The van der Waals surface area contributed by atoms with Crippen LogP contribution in [0.5, 0.6) is 0 Å². The van der Waals surface area contributed by atoms with E-state index in [9.17, 15) is 4.39 Å². The average Bonchev–Trinajstić information content (AvgIpc) is 2.33. The zero-order valence-electron chi connectivity index (χ0n) is 13.8. The molecule has 1 N–H and O–H groups in total. The molecule has 1 atom stereocenters. The summed E-state index contributed by atoms with van der Waals surface area (Å²) in [6.07, 6.45) is 1.08. The van der Waals surface area contributed by atoms with Gasteiger partial charge in [-0.3, -0.25) is 0 Å². The normalized spacial score (nSPS) is 13.3. The highest BCUT2D eigenvalue weighted by Crippen LogP contribution is 2.30. The summed E-state index contributed by atoms with van der Waals surface area (Å²) >= 11 is 0. The number of hydrogen-bond acceptors (Lipinski definition) is 2. The molecule has 0 aliphatic heterocycles. The van der Waals surface area contributed by atoms with Gasteiger partial charge >= 0.3 is 0 Å². The number of nitrogens with zero attached hydrogens (tertiary/aromatic N) is 1. The van der Waals surface area contributed by atoms with Gasteiger partial charge in [0.15, 0.2) is 0 Å². The van der Waals surface area contributed by atoms with Crippen LogP contribution < -0.4 is 10.2 Å². The number of benzene rings is 1. The molecule has 3 heteroatoms. The molecule has 1 aromatic carbocycles. The van der Waals surface area contributed by atoms with Crippen LogP contribution in [0.2, 0.25) is 0 Å². The Morgan fingerprint density at radius 2 is 1.95 bits per heavy atom.